The predicted octanol–water partition coefficient (Wildman–Crippen LogP) is 0.907. The van der Waals surface area contributed by atoms with E-state index in [0.29, 0.717) is 12.1 Å². The number of nitrogens with one attached hydrogen (secondary N) is 1. The highest BCUT2D eigenvalue weighted by molar-refractivity contribution is 7.90. The van der Waals surface area contributed by atoms with E-state index in [4.69, 9.17) is 0 Å². The van der Waals surface area contributed by atoms with Gasteiger partial charge in [-0.3, -0.25) is 0 Å². The first kappa shape index (κ1) is 14.2. The molecule has 5 heteroatoms. The Balaban J connectivity index is 2.94. The number of aliphatic hydroxyl groups is 1. The van der Waals surface area contributed by atoms with E-state index in [2.05, 4.69) is 5.32 Å². The molecule has 0 aliphatic heterocycles. The summed E-state index contributed by atoms with van der Waals surface area (Å²) < 4.78 is 22.6. The van der Waals surface area contributed by atoms with Crippen LogP contribution in [0.25, 0.3) is 0 Å². The van der Waals surface area contributed by atoms with Crippen molar-refractivity contribution in [1.82, 2.24) is 5.32 Å². The van der Waals surface area contributed by atoms with Crippen molar-refractivity contribution >= 4 is 9.84 Å². The second-order valence-electron chi connectivity index (χ2n) is 4.35. The minimum atomic E-state index is -3.18. The van der Waals surface area contributed by atoms with Crippen LogP contribution >= 0.6 is 0 Å². The van der Waals surface area contributed by atoms with Crippen LogP contribution < -0.4 is 5.32 Å². The Hall–Kier alpha value is -0.910. The van der Waals surface area contributed by atoms with Crippen molar-refractivity contribution in [3.8, 4) is 0 Å². The lowest BCUT2D eigenvalue weighted by Gasteiger charge is -2.24. The molecular formula is C12H19NO3S. The standard InChI is InChI=1S/C12H19NO3S/c1-4-13-9-12(2,14)10-5-7-11(8-6-10)17(3,15)16/h5-8,13-14H,4,9H2,1-3H3. The van der Waals surface area contributed by atoms with Gasteiger partial charge in [-0.1, -0.05) is 19.1 Å². The maximum absolute atomic E-state index is 11.3. The van der Waals surface area contributed by atoms with Gasteiger partial charge in [0.2, 0.25) is 0 Å². The zero-order valence-electron chi connectivity index (χ0n) is 10.4. The summed E-state index contributed by atoms with van der Waals surface area (Å²) in [7, 11) is -3.18. The zero-order chi connectivity index (χ0) is 13.1. The summed E-state index contributed by atoms with van der Waals surface area (Å²) in [6, 6.07) is 6.33. The molecule has 0 aliphatic carbocycles. The Kier molecular flexibility index (Phi) is 4.30. The zero-order valence-corrected chi connectivity index (χ0v) is 11.2. The van der Waals surface area contributed by atoms with Gasteiger partial charge in [-0.2, -0.15) is 0 Å². The second-order valence-corrected chi connectivity index (χ2v) is 6.37. The topological polar surface area (TPSA) is 66.4 Å². The van der Waals surface area contributed by atoms with Gasteiger partial charge in [-0.15, -0.1) is 0 Å². The summed E-state index contributed by atoms with van der Waals surface area (Å²) in [6.07, 6.45) is 1.17. The third kappa shape index (κ3) is 3.80. The second kappa shape index (κ2) is 5.16. The molecule has 1 atom stereocenters. The van der Waals surface area contributed by atoms with Crippen molar-refractivity contribution in [2.45, 2.75) is 24.3 Å². The molecule has 1 rings (SSSR count). The van der Waals surface area contributed by atoms with Crippen LogP contribution in [-0.4, -0.2) is 32.9 Å². The lowest BCUT2D eigenvalue weighted by molar-refractivity contribution is 0.0575. The summed E-state index contributed by atoms with van der Waals surface area (Å²) >= 11 is 0. The van der Waals surface area contributed by atoms with Gasteiger partial charge in [0.25, 0.3) is 0 Å². The summed E-state index contributed by atoms with van der Waals surface area (Å²) in [4.78, 5) is 0.264. The van der Waals surface area contributed by atoms with Gasteiger partial charge in [-0.05, 0) is 31.2 Å². The van der Waals surface area contributed by atoms with Gasteiger partial charge >= 0.3 is 0 Å². The molecule has 4 nitrogen and oxygen atoms in total. The van der Waals surface area contributed by atoms with E-state index < -0.39 is 15.4 Å². The molecule has 0 aliphatic rings. The van der Waals surface area contributed by atoms with Gasteiger partial charge in [0.15, 0.2) is 9.84 Å². The molecule has 0 saturated carbocycles. The van der Waals surface area contributed by atoms with Crippen molar-refractivity contribution in [2.75, 3.05) is 19.3 Å². The lowest BCUT2D eigenvalue weighted by atomic mass is 9.96. The normalized spacial score (nSPS) is 15.5. The molecule has 0 heterocycles. The van der Waals surface area contributed by atoms with E-state index in [1.54, 1.807) is 19.1 Å². The SMILES string of the molecule is CCNCC(C)(O)c1ccc(S(C)(=O)=O)cc1. The Morgan fingerprint density at radius 1 is 1.29 bits per heavy atom. The van der Waals surface area contributed by atoms with E-state index >= 15 is 0 Å². The van der Waals surface area contributed by atoms with Crippen molar-refractivity contribution in [3.05, 3.63) is 29.8 Å². The summed E-state index contributed by atoms with van der Waals surface area (Å²) in [5.74, 6) is 0. The molecule has 2 N–H and O–H groups in total. The summed E-state index contributed by atoms with van der Waals surface area (Å²) in [5, 5.41) is 13.3. The number of rotatable bonds is 5. The maximum Gasteiger partial charge on any atom is 0.175 e. The van der Waals surface area contributed by atoms with Gasteiger partial charge in [-0.25, -0.2) is 8.42 Å². The minimum Gasteiger partial charge on any atom is -0.384 e. The van der Waals surface area contributed by atoms with Gasteiger partial charge in [0.05, 0.1) is 10.5 Å². The number of likely N-dealkylation sites (N-methyl/N-ethyl adjacent to an activating group) is 1. The lowest BCUT2D eigenvalue weighted by Crippen LogP contribution is -2.35. The third-order valence-electron chi connectivity index (χ3n) is 2.62. The number of hydrogen-bond donors (Lipinski definition) is 2. The number of benzene rings is 1. The molecule has 0 saturated heterocycles. The average Bonchev–Trinajstić information content (AvgIpc) is 2.25. The summed E-state index contributed by atoms with van der Waals surface area (Å²) in [5.41, 5.74) is -0.294. The van der Waals surface area contributed by atoms with Crippen LogP contribution in [0.2, 0.25) is 0 Å². The fraction of sp³-hybridized carbons (Fsp3) is 0.500. The van der Waals surface area contributed by atoms with Crippen LogP contribution in [0.15, 0.2) is 29.2 Å². The summed E-state index contributed by atoms with van der Waals surface area (Å²) in [6.45, 7) is 4.87. The van der Waals surface area contributed by atoms with Crippen LogP contribution in [0.4, 0.5) is 0 Å². The molecule has 0 radical (unpaired) electrons. The van der Waals surface area contributed by atoms with E-state index in [1.165, 1.54) is 18.4 Å². The first-order valence-corrected chi connectivity index (χ1v) is 7.40. The Bertz CT molecular complexity index is 463. The minimum absolute atomic E-state index is 0.264. The predicted molar refractivity (Wildman–Crippen MR) is 67.7 cm³/mol. The molecule has 0 aromatic heterocycles. The number of hydrogen-bond acceptors (Lipinski definition) is 4. The Morgan fingerprint density at radius 3 is 2.24 bits per heavy atom. The molecule has 0 fully saturated rings. The highest BCUT2D eigenvalue weighted by Crippen LogP contribution is 2.21. The maximum atomic E-state index is 11.3. The van der Waals surface area contributed by atoms with E-state index in [-0.39, 0.29) is 4.90 Å². The molecule has 0 bridgehead atoms. The van der Waals surface area contributed by atoms with Gasteiger partial charge in [0, 0.05) is 12.8 Å². The van der Waals surface area contributed by atoms with Crippen molar-refractivity contribution in [3.63, 3.8) is 0 Å². The molecular weight excluding hydrogens is 238 g/mol. The highest BCUT2D eigenvalue weighted by Gasteiger charge is 2.22. The van der Waals surface area contributed by atoms with E-state index in [9.17, 15) is 13.5 Å². The molecule has 1 aromatic carbocycles. The van der Waals surface area contributed by atoms with Crippen molar-refractivity contribution in [1.29, 1.82) is 0 Å². The molecule has 17 heavy (non-hydrogen) atoms. The fourth-order valence-electron chi connectivity index (χ4n) is 1.53. The van der Waals surface area contributed by atoms with Crippen molar-refractivity contribution < 1.29 is 13.5 Å². The van der Waals surface area contributed by atoms with E-state index in [1.807, 2.05) is 6.92 Å². The smallest absolute Gasteiger partial charge is 0.175 e. The first-order valence-electron chi connectivity index (χ1n) is 5.51. The van der Waals surface area contributed by atoms with Crippen molar-refractivity contribution in [2.24, 2.45) is 0 Å². The first-order chi connectivity index (χ1) is 7.77. The third-order valence-corrected chi connectivity index (χ3v) is 3.75. The Labute approximate surface area is 103 Å². The quantitative estimate of drug-likeness (QED) is 0.822. The molecule has 96 valence electrons. The van der Waals surface area contributed by atoms with Gasteiger partial charge in [0.1, 0.15) is 0 Å². The van der Waals surface area contributed by atoms with Crippen LogP contribution in [0.5, 0.6) is 0 Å². The highest BCUT2D eigenvalue weighted by atomic mass is 32.2. The van der Waals surface area contributed by atoms with Crippen LogP contribution in [0, 0.1) is 0 Å². The molecule has 0 spiro atoms. The molecule has 1 aromatic rings. The molecule has 0 amide bonds. The average molecular weight is 257 g/mol. The molecule has 1 unspecified atom stereocenters. The Morgan fingerprint density at radius 2 is 1.82 bits per heavy atom. The van der Waals surface area contributed by atoms with Gasteiger partial charge < -0.3 is 10.4 Å². The monoisotopic (exact) mass is 257 g/mol. The van der Waals surface area contributed by atoms with E-state index in [0.717, 1.165) is 6.54 Å². The number of sulfone groups is 1. The van der Waals surface area contributed by atoms with Crippen LogP contribution in [0.1, 0.15) is 19.4 Å². The van der Waals surface area contributed by atoms with Crippen LogP contribution in [-0.2, 0) is 15.4 Å². The fourth-order valence-corrected chi connectivity index (χ4v) is 2.16. The largest absolute Gasteiger partial charge is 0.384 e. The van der Waals surface area contributed by atoms with Crippen LogP contribution in [0.3, 0.4) is 0 Å².